The van der Waals surface area contributed by atoms with Crippen molar-refractivity contribution in [2.24, 2.45) is 11.1 Å². The maximum absolute atomic E-state index is 13.0. The number of nitrogens with one attached hydrogen (secondary N) is 1. The molecule has 9 heteroatoms. The van der Waals surface area contributed by atoms with E-state index in [4.69, 9.17) is 5.73 Å². The Morgan fingerprint density at radius 1 is 1.32 bits per heavy atom. The number of aliphatic hydroxyl groups excluding tert-OH is 1. The van der Waals surface area contributed by atoms with Gasteiger partial charge in [-0.1, -0.05) is 26.8 Å². The van der Waals surface area contributed by atoms with Crippen molar-refractivity contribution in [2.75, 3.05) is 6.54 Å². The van der Waals surface area contributed by atoms with Crippen molar-refractivity contribution in [2.45, 2.75) is 65.3 Å². The quantitative estimate of drug-likeness (QED) is 0.647. The summed E-state index contributed by atoms with van der Waals surface area (Å²) in [6.45, 7) is 9.54. The topological polar surface area (TPSA) is 121 Å². The molecule has 4 N–H and O–H groups in total. The molecule has 168 valence electrons. The van der Waals surface area contributed by atoms with Crippen LogP contribution in [-0.4, -0.2) is 56.5 Å². The van der Waals surface area contributed by atoms with Gasteiger partial charge in [0.05, 0.1) is 40.0 Å². The van der Waals surface area contributed by atoms with Crippen LogP contribution in [-0.2, 0) is 9.59 Å². The highest BCUT2D eigenvalue weighted by Gasteiger charge is 2.42. The van der Waals surface area contributed by atoms with Crippen LogP contribution in [0.25, 0.3) is 10.4 Å². The number of carbonyl (C=O) groups is 2. The molecule has 3 rings (SSSR count). The highest BCUT2D eigenvalue weighted by Crippen LogP contribution is 2.28. The number of β-amino-alcohol motifs (C(OH)–C–C–N with tert-alkyl or cyclic N) is 1. The van der Waals surface area contributed by atoms with Gasteiger partial charge in [0, 0.05) is 24.7 Å². The van der Waals surface area contributed by atoms with E-state index >= 15 is 0 Å². The van der Waals surface area contributed by atoms with Gasteiger partial charge >= 0.3 is 0 Å². The number of likely N-dealkylation sites (tertiary alicyclic amines) is 1. The van der Waals surface area contributed by atoms with E-state index in [1.165, 1.54) is 4.90 Å². The van der Waals surface area contributed by atoms with E-state index in [0.29, 0.717) is 5.69 Å². The normalized spacial score (nSPS) is 21.1. The molecule has 2 unspecified atom stereocenters. The highest BCUT2D eigenvalue weighted by atomic mass is 32.1. The van der Waals surface area contributed by atoms with Gasteiger partial charge in [-0.15, -0.1) is 11.3 Å². The van der Waals surface area contributed by atoms with Crippen molar-refractivity contribution in [1.29, 1.82) is 0 Å². The van der Waals surface area contributed by atoms with Gasteiger partial charge in [0.2, 0.25) is 11.8 Å². The van der Waals surface area contributed by atoms with E-state index in [-0.39, 0.29) is 30.8 Å². The maximum atomic E-state index is 13.0. The van der Waals surface area contributed by atoms with Crippen LogP contribution < -0.4 is 11.1 Å². The van der Waals surface area contributed by atoms with Crippen molar-refractivity contribution >= 4 is 23.2 Å². The largest absolute Gasteiger partial charge is 0.391 e. The molecule has 0 spiro atoms. The van der Waals surface area contributed by atoms with Gasteiger partial charge in [-0.2, -0.15) is 0 Å². The van der Waals surface area contributed by atoms with Gasteiger partial charge < -0.3 is 21.1 Å². The molecular weight excluding hydrogens is 414 g/mol. The van der Waals surface area contributed by atoms with E-state index in [1.807, 2.05) is 46.8 Å². The molecule has 0 bridgehead atoms. The van der Waals surface area contributed by atoms with Crippen LogP contribution in [0.2, 0.25) is 0 Å². The second kappa shape index (κ2) is 9.02. The first-order valence-corrected chi connectivity index (χ1v) is 11.3. The van der Waals surface area contributed by atoms with Gasteiger partial charge in [-0.3, -0.25) is 14.6 Å². The Labute approximate surface area is 186 Å². The highest BCUT2D eigenvalue weighted by molar-refractivity contribution is 7.13. The average Bonchev–Trinajstić information content (AvgIpc) is 3.31. The molecule has 2 aromatic heterocycles. The molecule has 0 aliphatic carbocycles. The number of aromatic nitrogens is 2. The van der Waals surface area contributed by atoms with Crippen LogP contribution in [0, 0.1) is 12.3 Å². The number of aliphatic hydroxyl groups is 1. The summed E-state index contributed by atoms with van der Waals surface area (Å²) in [6, 6.07) is 1.98. The zero-order valence-corrected chi connectivity index (χ0v) is 19.4. The number of pyridine rings is 1. The summed E-state index contributed by atoms with van der Waals surface area (Å²) in [7, 11) is 0. The summed E-state index contributed by atoms with van der Waals surface area (Å²) in [5, 5.41) is 13.0. The monoisotopic (exact) mass is 445 g/mol. The number of nitrogens with zero attached hydrogens (tertiary/aromatic N) is 3. The third-order valence-electron chi connectivity index (χ3n) is 5.66. The second-order valence-electron chi connectivity index (χ2n) is 9.21. The molecule has 1 aliphatic rings. The van der Waals surface area contributed by atoms with Crippen LogP contribution in [0.5, 0.6) is 0 Å². The van der Waals surface area contributed by atoms with Crippen molar-refractivity contribution in [1.82, 2.24) is 20.2 Å². The van der Waals surface area contributed by atoms with E-state index < -0.39 is 23.6 Å². The van der Waals surface area contributed by atoms with Crippen molar-refractivity contribution in [3.05, 3.63) is 35.2 Å². The summed E-state index contributed by atoms with van der Waals surface area (Å²) in [5.41, 5.74) is 10.1. The first-order chi connectivity index (χ1) is 14.5. The summed E-state index contributed by atoms with van der Waals surface area (Å²) < 4.78 is 0. The second-order valence-corrected chi connectivity index (χ2v) is 10.1. The molecular formula is C22H31N5O3S. The molecule has 0 saturated carbocycles. The number of thiazole rings is 1. The lowest BCUT2D eigenvalue weighted by atomic mass is 9.86. The van der Waals surface area contributed by atoms with Crippen LogP contribution >= 0.6 is 11.3 Å². The third-order valence-corrected chi connectivity index (χ3v) is 6.64. The summed E-state index contributed by atoms with van der Waals surface area (Å²) in [5.74, 6) is -0.637. The van der Waals surface area contributed by atoms with E-state index in [0.717, 1.165) is 16.1 Å². The number of aryl methyl sites for hydroxylation is 1. The fraction of sp³-hybridized carbons (Fsp3) is 0.545. The fourth-order valence-corrected chi connectivity index (χ4v) is 4.41. The molecule has 0 aromatic carbocycles. The van der Waals surface area contributed by atoms with Gasteiger partial charge in [0.25, 0.3) is 0 Å². The predicted molar refractivity (Wildman–Crippen MR) is 120 cm³/mol. The van der Waals surface area contributed by atoms with Crippen molar-refractivity contribution < 1.29 is 14.7 Å². The molecule has 4 atom stereocenters. The molecule has 31 heavy (non-hydrogen) atoms. The Kier molecular flexibility index (Phi) is 6.78. The molecule has 1 saturated heterocycles. The molecule has 8 nitrogen and oxygen atoms in total. The Balaban J connectivity index is 1.69. The minimum absolute atomic E-state index is 0.107. The first-order valence-electron chi connectivity index (χ1n) is 10.4. The number of hydrogen-bond donors (Lipinski definition) is 3. The van der Waals surface area contributed by atoms with Crippen LogP contribution in [0.1, 0.15) is 51.5 Å². The Morgan fingerprint density at radius 3 is 2.58 bits per heavy atom. The standard InChI is InChI=1S/C22H31N5O3S/c1-12(16-7-6-14(9-24-16)18-13(2)25-11-31-18)26-20(29)17-8-15(28)10-27(17)21(30)19(23)22(3,4)5/h6-7,9,11-12,15,17,19,28H,8,10,23H2,1-5H3,(H,26,29)/t12?,15-,17+,19?/m1/s1. The summed E-state index contributed by atoms with van der Waals surface area (Å²) in [6.07, 6.45) is 1.22. The zero-order chi connectivity index (χ0) is 22.9. The van der Waals surface area contributed by atoms with Crippen LogP contribution in [0.4, 0.5) is 0 Å². The van der Waals surface area contributed by atoms with Crippen molar-refractivity contribution in [3.63, 3.8) is 0 Å². The number of carbonyl (C=O) groups excluding carboxylic acids is 2. The molecule has 2 amide bonds. The lowest BCUT2D eigenvalue weighted by molar-refractivity contribution is -0.141. The summed E-state index contributed by atoms with van der Waals surface area (Å²) in [4.78, 5) is 37.1. The van der Waals surface area contributed by atoms with Crippen LogP contribution in [0.3, 0.4) is 0 Å². The van der Waals surface area contributed by atoms with Gasteiger partial charge in [-0.25, -0.2) is 4.98 Å². The number of rotatable bonds is 5. The number of hydrogen-bond acceptors (Lipinski definition) is 7. The van der Waals surface area contributed by atoms with Gasteiger partial charge in [0.1, 0.15) is 6.04 Å². The molecule has 2 aromatic rings. The van der Waals surface area contributed by atoms with Gasteiger partial charge in [0.15, 0.2) is 0 Å². The van der Waals surface area contributed by atoms with E-state index in [9.17, 15) is 14.7 Å². The summed E-state index contributed by atoms with van der Waals surface area (Å²) >= 11 is 1.56. The number of nitrogens with two attached hydrogens (primary N) is 1. The Bertz CT molecular complexity index is 937. The van der Waals surface area contributed by atoms with Gasteiger partial charge in [-0.05, 0) is 25.3 Å². The van der Waals surface area contributed by atoms with Crippen molar-refractivity contribution in [3.8, 4) is 10.4 Å². The van der Waals surface area contributed by atoms with Crippen LogP contribution in [0.15, 0.2) is 23.8 Å². The molecule has 3 heterocycles. The smallest absolute Gasteiger partial charge is 0.243 e. The molecule has 0 radical (unpaired) electrons. The van der Waals surface area contributed by atoms with E-state index in [1.54, 1.807) is 23.0 Å². The first kappa shape index (κ1) is 23.3. The average molecular weight is 446 g/mol. The SMILES string of the molecule is Cc1ncsc1-c1ccc(C(C)NC(=O)[C@@H]2C[C@@H](O)CN2C(=O)C(N)C(C)(C)C)nc1. The molecule has 1 aliphatic heterocycles. The Hall–Kier alpha value is -2.36. The maximum Gasteiger partial charge on any atom is 0.243 e. The Morgan fingerprint density at radius 2 is 2.03 bits per heavy atom. The third kappa shape index (κ3) is 5.11. The molecule has 1 fully saturated rings. The zero-order valence-electron chi connectivity index (χ0n) is 18.6. The predicted octanol–water partition coefficient (Wildman–Crippen LogP) is 2.03. The van der Waals surface area contributed by atoms with E-state index in [2.05, 4.69) is 15.3 Å². The minimum Gasteiger partial charge on any atom is -0.391 e. The lowest BCUT2D eigenvalue weighted by Gasteiger charge is -2.32. The lowest BCUT2D eigenvalue weighted by Crippen LogP contribution is -2.55. The number of amides is 2. The minimum atomic E-state index is -0.755. The fourth-order valence-electron chi connectivity index (χ4n) is 3.61.